The van der Waals surface area contributed by atoms with Gasteiger partial charge in [0.1, 0.15) is 40.6 Å². The smallest absolute Gasteiger partial charge is 0.407 e. The largest absolute Gasteiger partial charge is 0.497 e. The number of pyridine rings is 1. The molecule has 306 valence electrons. The Morgan fingerprint density at radius 1 is 1.02 bits per heavy atom. The van der Waals surface area contributed by atoms with Gasteiger partial charge >= 0.3 is 6.09 Å². The first-order chi connectivity index (χ1) is 27.9. The quantitative estimate of drug-likeness (QED) is 0.202. The van der Waals surface area contributed by atoms with Crippen LogP contribution >= 0.6 is 0 Å². The molecule has 2 aromatic heterocycles. The van der Waals surface area contributed by atoms with Gasteiger partial charge in [-0.05, 0) is 81.8 Å². The number of hydrogen-bond acceptors (Lipinski definition) is 11. The van der Waals surface area contributed by atoms with E-state index in [1.165, 1.54) is 12.0 Å². The van der Waals surface area contributed by atoms with E-state index in [1.807, 2.05) is 61.5 Å². The molecule has 0 spiro atoms. The maximum atomic E-state index is 14.5. The average Bonchev–Trinajstić information content (AvgIpc) is 4.11. The van der Waals surface area contributed by atoms with Crippen molar-refractivity contribution >= 4 is 55.9 Å². The van der Waals surface area contributed by atoms with Gasteiger partial charge in [0, 0.05) is 29.4 Å². The van der Waals surface area contributed by atoms with Crippen LogP contribution in [0.1, 0.15) is 63.4 Å². The predicted molar refractivity (Wildman–Crippen MR) is 213 cm³/mol. The van der Waals surface area contributed by atoms with Gasteiger partial charge in [-0.25, -0.2) is 18.2 Å². The Bertz CT molecular complexity index is 2410. The fourth-order valence-electron chi connectivity index (χ4n) is 8.04. The maximum Gasteiger partial charge on any atom is 0.407 e. The number of nitrogens with zero attached hydrogens (tertiary/aromatic N) is 2. The van der Waals surface area contributed by atoms with Crippen molar-refractivity contribution in [3.8, 4) is 22.8 Å². The number of hydrogen-bond donors (Lipinski definition) is 3. The highest BCUT2D eigenvalue weighted by molar-refractivity contribution is 7.91. The molecule has 8 rings (SSSR count). The Morgan fingerprint density at radius 3 is 2.55 bits per heavy atom. The lowest BCUT2D eigenvalue weighted by molar-refractivity contribution is -0.141. The zero-order chi connectivity index (χ0) is 40.8. The highest BCUT2D eigenvalue weighted by Crippen LogP contribution is 2.46. The van der Waals surface area contributed by atoms with Crippen LogP contribution in [0, 0.1) is 12.8 Å². The number of ether oxygens (including phenoxy) is 3. The molecule has 0 unspecified atom stereocenters. The van der Waals surface area contributed by atoms with E-state index >= 15 is 0 Å². The molecule has 2 saturated carbocycles. The summed E-state index contributed by atoms with van der Waals surface area (Å²) in [6.45, 7) is 1.93. The molecule has 15 nitrogen and oxygen atoms in total. The van der Waals surface area contributed by atoms with Gasteiger partial charge in [0.05, 0.1) is 31.7 Å². The second-order valence-electron chi connectivity index (χ2n) is 15.7. The maximum absolute atomic E-state index is 14.5. The lowest BCUT2D eigenvalue weighted by atomic mass is 10.1. The van der Waals surface area contributed by atoms with Crippen LogP contribution in [0.25, 0.3) is 33.3 Å². The van der Waals surface area contributed by atoms with Gasteiger partial charge in [0.15, 0.2) is 11.3 Å². The fourth-order valence-corrected chi connectivity index (χ4v) is 9.41. The molecule has 2 aromatic carbocycles. The summed E-state index contributed by atoms with van der Waals surface area (Å²) < 4.78 is 51.3. The van der Waals surface area contributed by atoms with E-state index in [0.29, 0.717) is 66.0 Å². The zero-order valence-corrected chi connectivity index (χ0v) is 33.4. The van der Waals surface area contributed by atoms with Crippen LogP contribution in [0.3, 0.4) is 0 Å². The molecule has 4 aromatic rings. The number of alkyl carbamates (subject to hydrolysis) is 1. The first kappa shape index (κ1) is 39.2. The molecule has 16 heteroatoms. The van der Waals surface area contributed by atoms with E-state index in [4.69, 9.17) is 23.6 Å². The molecule has 0 bridgehead atoms. The van der Waals surface area contributed by atoms with E-state index in [-0.39, 0.29) is 19.4 Å². The number of benzene rings is 2. The van der Waals surface area contributed by atoms with Crippen LogP contribution in [-0.4, -0.2) is 91.9 Å². The SMILES string of the molecule is COC(=O)N[C@H]1CCCCC/C=C\[C@H]2C[C@@]2(C(=O)NS(=O)(=O)C2CC2)NC(=O)[C@@H]2C[C@@H](Oc3cc(-c4ccc(OC)cc4)nc4c3oc3ccc(C)cc34)CN2C1=O. The summed E-state index contributed by atoms with van der Waals surface area (Å²) in [6.07, 6.45) is 6.54. The molecule has 3 fully saturated rings. The minimum atomic E-state index is -3.91. The number of carbonyl (C=O) groups excluding carboxylic acids is 4. The number of aryl methyl sites for hydroxylation is 1. The molecule has 5 atom stereocenters. The third kappa shape index (κ3) is 7.81. The van der Waals surface area contributed by atoms with Gasteiger partial charge in [-0.15, -0.1) is 0 Å². The number of aromatic nitrogens is 1. The fraction of sp³-hybridized carbons (Fsp3) is 0.452. The summed E-state index contributed by atoms with van der Waals surface area (Å²) in [4.78, 5) is 61.7. The minimum Gasteiger partial charge on any atom is -0.497 e. The predicted octanol–water partition coefficient (Wildman–Crippen LogP) is 5.04. The third-order valence-corrected chi connectivity index (χ3v) is 13.4. The molecular formula is C42H47N5O10S. The van der Waals surface area contributed by atoms with Crippen molar-refractivity contribution in [2.24, 2.45) is 5.92 Å². The van der Waals surface area contributed by atoms with Gasteiger partial charge < -0.3 is 34.2 Å². The third-order valence-electron chi connectivity index (χ3n) is 11.5. The van der Waals surface area contributed by atoms with Crippen molar-refractivity contribution in [3.05, 3.63) is 66.2 Å². The molecular weight excluding hydrogens is 767 g/mol. The summed E-state index contributed by atoms with van der Waals surface area (Å²) in [7, 11) is -1.11. The van der Waals surface area contributed by atoms with Crippen molar-refractivity contribution in [2.45, 2.75) is 93.7 Å². The Kier molecular flexibility index (Phi) is 10.5. The van der Waals surface area contributed by atoms with Crippen LogP contribution in [-0.2, 0) is 29.1 Å². The number of nitrogens with one attached hydrogen (secondary N) is 3. The average molecular weight is 814 g/mol. The van der Waals surface area contributed by atoms with E-state index in [0.717, 1.165) is 29.4 Å². The van der Waals surface area contributed by atoms with Gasteiger partial charge in [-0.3, -0.25) is 19.1 Å². The van der Waals surface area contributed by atoms with Crippen molar-refractivity contribution in [1.82, 2.24) is 25.2 Å². The second kappa shape index (κ2) is 15.6. The number of sulfonamides is 1. The van der Waals surface area contributed by atoms with Crippen molar-refractivity contribution in [3.63, 3.8) is 0 Å². The Morgan fingerprint density at radius 2 is 1.81 bits per heavy atom. The lowest BCUT2D eigenvalue weighted by Gasteiger charge is -2.29. The number of fused-ring (bicyclic) bond motifs is 5. The Hall–Kier alpha value is -5.64. The van der Waals surface area contributed by atoms with Crippen molar-refractivity contribution in [1.29, 1.82) is 0 Å². The van der Waals surface area contributed by atoms with Gasteiger partial charge in [-0.2, -0.15) is 0 Å². The van der Waals surface area contributed by atoms with Crippen LogP contribution < -0.4 is 24.8 Å². The number of allylic oxidation sites excluding steroid dienone is 1. The summed E-state index contributed by atoms with van der Waals surface area (Å²) in [5, 5.41) is 5.70. The van der Waals surface area contributed by atoms with Crippen molar-refractivity contribution < 1.29 is 46.2 Å². The Labute approximate surface area is 335 Å². The molecule has 4 heterocycles. The second-order valence-corrected chi connectivity index (χ2v) is 17.7. The van der Waals surface area contributed by atoms with Crippen molar-refractivity contribution in [2.75, 3.05) is 20.8 Å². The summed E-state index contributed by atoms with van der Waals surface area (Å²) in [5.41, 5.74) is 2.45. The molecule has 2 aliphatic heterocycles. The van der Waals surface area contributed by atoms with Crippen LogP contribution in [0.5, 0.6) is 11.5 Å². The molecule has 4 amide bonds. The zero-order valence-electron chi connectivity index (χ0n) is 32.6. The number of amides is 4. The lowest BCUT2D eigenvalue weighted by Crippen LogP contribution is -2.58. The number of rotatable bonds is 8. The van der Waals surface area contributed by atoms with Crippen LogP contribution in [0.15, 0.2) is 65.1 Å². The van der Waals surface area contributed by atoms with E-state index in [1.54, 1.807) is 13.2 Å². The van der Waals surface area contributed by atoms with Gasteiger partial charge in [0.2, 0.25) is 21.8 Å². The van der Waals surface area contributed by atoms with Crippen LogP contribution in [0.2, 0.25) is 0 Å². The first-order valence-corrected chi connectivity index (χ1v) is 21.3. The number of carbonyl (C=O) groups is 4. The highest BCUT2D eigenvalue weighted by atomic mass is 32.2. The number of methoxy groups -OCH3 is 2. The molecule has 4 aliphatic rings. The Balaban J connectivity index is 1.15. The molecule has 2 aliphatic carbocycles. The van der Waals surface area contributed by atoms with Crippen LogP contribution in [0.4, 0.5) is 4.79 Å². The first-order valence-electron chi connectivity index (χ1n) is 19.7. The molecule has 3 N–H and O–H groups in total. The molecule has 1 saturated heterocycles. The van der Waals surface area contributed by atoms with E-state index in [9.17, 15) is 27.6 Å². The van der Waals surface area contributed by atoms with Gasteiger partial charge in [0.25, 0.3) is 5.91 Å². The standard InChI is InChI=1S/C42H47N5O10S/c1-24-11-18-34-30(19-24)36-37(57-34)35(21-32(43-36)25-12-14-27(54-2)15-13-25)56-28-20-33-38(48)45-42(40(50)46-58(52,53)29-16-17-29)22-26(42)9-7-5-4-6-8-10-31(44-41(51)55-3)39(49)47(33)23-28/h7,9,11-15,18-19,21,26,28-29,31,33H,4-6,8,10,16-17,20,22-23H2,1-3H3,(H,44,51)(H,45,48)(H,46,50)/b9-7-/t26-,28+,31-,33-,42+/m0/s1. The van der Waals surface area contributed by atoms with E-state index < -0.39 is 68.7 Å². The molecule has 0 radical (unpaired) electrons. The summed E-state index contributed by atoms with van der Waals surface area (Å²) in [6, 6.07) is 12.8. The normalized spacial score (nSPS) is 25.7. The topological polar surface area (TPSA) is 195 Å². The number of furan rings is 1. The summed E-state index contributed by atoms with van der Waals surface area (Å²) >= 11 is 0. The monoisotopic (exact) mass is 813 g/mol. The van der Waals surface area contributed by atoms with E-state index in [2.05, 4.69) is 15.4 Å². The van der Waals surface area contributed by atoms with Gasteiger partial charge in [-0.1, -0.05) is 36.6 Å². The summed E-state index contributed by atoms with van der Waals surface area (Å²) in [5.74, 6) is -1.36. The highest BCUT2D eigenvalue weighted by Gasteiger charge is 2.62. The minimum absolute atomic E-state index is 0.0160. The molecule has 58 heavy (non-hydrogen) atoms.